The van der Waals surface area contributed by atoms with Gasteiger partial charge in [-0.15, -0.1) is 0 Å². The van der Waals surface area contributed by atoms with Crippen molar-refractivity contribution in [3.05, 3.63) is 24.3 Å². The zero-order valence-corrected chi connectivity index (χ0v) is 13.7. The smallest absolute Gasteiger partial charge is 0.324 e. The number of esters is 1. The van der Waals surface area contributed by atoms with Gasteiger partial charge in [0.2, 0.25) is 15.9 Å². The third-order valence-corrected chi connectivity index (χ3v) is 4.93. The molecule has 1 heterocycles. The van der Waals surface area contributed by atoms with Gasteiger partial charge >= 0.3 is 5.97 Å². The quantitative estimate of drug-likeness (QED) is 0.731. The minimum Gasteiger partial charge on any atom is -0.464 e. The molecule has 7 nitrogen and oxygen atoms in total. The van der Waals surface area contributed by atoms with E-state index in [1.807, 2.05) is 6.92 Å². The third kappa shape index (κ3) is 4.77. The summed E-state index contributed by atoms with van der Waals surface area (Å²) < 4.78 is 31.5. The van der Waals surface area contributed by atoms with E-state index in [-0.39, 0.29) is 17.4 Å². The Morgan fingerprint density at radius 1 is 1.30 bits per heavy atom. The predicted molar refractivity (Wildman–Crippen MR) is 84.3 cm³/mol. The standard InChI is InChI=1S/C15H20N2O5S/c1-2-3-4-14(18)16-11-5-7-12(8-6-11)23(20,21)17-13-9-10-22-15(13)19/h5-8,13,17H,2-4,9-10H2,1H3,(H,16,18)/t13-/m0/s1. The molecular formula is C15H20N2O5S. The first-order valence-corrected chi connectivity index (χ1v) is 8.99. The number of unbranched alkanes of at least 4 members (excludes halogenated alkanes) is 1. The van der Waals surface area contributed by atoms with Crippen molar-refractivity contribution in [2.75, 3.05) is 11.9 Å². The second kappa shape index (κ2) is 7.56. The van der Waals surface area contributed by atoms with Gasteiger partial charge in [-0.25, -0.2) is 8.42 Å². The van der Waals surface area contributed by atoms with Gasteiger partial charge in [-0.3, -0.25) is 9.59 Å². The Hall–Kier alpha value is -1.93. The highest BCUT2D eigenvalue weighted by molar-refractivity contribution is 7.89. The number of hydrogen-bond acceptors (Lipinski definition) is 5. The van der Waals surface area contributed by atoms with Gasteiger partial charge in [0.1, 0.15) is 6.04 Å². The minimum atomic E-state index is -3.80. The lowest BCUT2D eigenvalue weighted by molar-refractivity contribution is -0.139. The zero-order chi connectivity index (χ0) is 16.9. The fourth-order valence-corrected chi connectivity index (χ4v) is 3.36. The number of amides is 1. The van der Waals surface area contributed by atoms with Gasteiger partial charge in [-0.1, -0.05) is 13.3 Å². The van der Waals surface area contributed by atoms with Crippen LogP contribution in [-0.4, -0.2) is 32.9 Å². The molecular weight excluding hydrogens is 320 g/mol. The van der Waals surface area contributed by atoms with Gasteiger partial charge in [0.25, 0.3) is 0 Å². The first-order valence-electron chi connectivity index (χ1n) is 7.51. The maximum absolute atomic E-state index is 12.2. The normalized spacial score (nSPS) is 17.8. The van der Waals surface area contributed by atoms with Gasteiger partial charge in [0.15, 0.2) is 0 Å². The molecule has 0 unspecified atom stereocenters. The number of benzene rings is 1. The van der Waals surface area contributed by atoms with E-state index < -0.39 is 22.0 Å². The van der Waals surface area contributed by atoms with Crippen molar-refractivity contribution in [3.63, 3.8) is 0 Å². The number of carbonyl (C=O) groups excluding carboxylic acids is 2. The van der Waals surface area contributed by atoms with Crippen molar-refractivity contribution in [1.82, 2.24) is 4.72 Å². The maximum Gasteiger partial charge on any atom is 0.324 e. The summed E-state index contributed by atoms with van der Waals surface area (Å²) in [6, 6.07) is 4.97. The molecule has 1 fully saturated rings. The molecule has 0 spiro atoms. The Morgan fingerprint density at radius 2 is 2.00 bits per heavy atom. The second-order valence-electron chi connectivity index (χ2n) is 5.31. The fourth-order valence-electron chi connectivity index (χ4n) is 2.14. The molecule has 2 rings (SSSR count). The number of rotatable bonds is 7. The minimum absolute atomic E-state index is 0.0313. The van der Waals surface area contributed by atoms with Crippen LogP contribution in [-0.2, 0) is 24.3 Å². The van der Waals surface area contributed by atoms with Crippen molar-refractivity contribution in [2.45, 2.75) is 43.5 Å². The topological polar surface area (TPSA) is 102 Å². The van der Waals surface area contributed by atoms with Gasteiger partial charge in [-0.05, 0) is 30.7 Å². The van der Waals surface area contributed by atoms with Crippen LogP contribution in [0.2, 0.25) is 0 Å². The van der Waals surface area contributed by atoms with E-state index in [0.717, 1.165) is 12.8 Å². The van der Waals surface area contributed by atoms with Crippen LogP contribution in [0, 0.1) is 0 Å². The summed E-state index contributed by atoms with van der Waals surface area (Å²) in [7, 11) is -3.80. The van der Waals surface area contributed by atoms with Crippen molar-refractivity contribution >= 4 is 27.6 Å². The van der Waals surface area contributed by atoms with Crippen LogP contribution in [0.3, 0.4) is 0 Å². The summed E-state index contributed by atoms with van der Waals surface area (Å²) in [6.07, 6.45) is 2.49. The molecule has 2 N–H and O–H groups in total. The van der Waals surface area contributed by atoms with Gasteiger partial charge in [0, 0.05) is 18.5 Å². The number of carbonyl (C=O) groups is 2. The van der Waals surface area contributed by atoms with Crippen LogP contribution in [0.1, 0.15) is 32.6 Å². The Kier molecular flexibility index (Phi) is 5.73. The summed E-state index contributed by atoms with van der Waals surface area (Å²) in [6.45, 7) is 2.22. The van der Waals surface area contributed by atoms with Crippen LogP contribution in [0.4, 0.5) is 5.69 Å². The molecule has 1 saturated heterocycles. The van der Waals surface area contributed by atoms with Crippen LogP contribution in [0.15, 0.2) is 29.2 Å². The van der Waals surface area contributed by atoms with E-state index >= 15 is 0 Å². The van der Waals surface area contributed by atoms with Crippen molar-refractivity contribution in [3.8, 4) is 0 Å². The molecule has 0 aliphatic carbocycles. The maximum atomic E-state index is 12.2. The molecule has 0 radical (unpaired) electrons. The SMILES string of the molecule is CCCCC(=O)Nc1ccc(S(=O)(=O)N[C@H]2CCOC2=O)cc1. The average Bonchev–Trinajstić information content (AvgIpc) is 2.90. The van der Waals surface area contributed by atoms with Gasteiger partial charge < -0.3 is 10.1 Å². The lowest BCUT2D eigenvalue weighted by Gasteiger charge is -2.11. The monoisotopic (exact) mass is 340 g/mol. The lowest BCUT2D eigenvalue weighted by atomic mass is 10.2. The molecule has 1 aliphatic rings. The molecule has 1 amide bonds. The summed E-state index contributed by atoms with van der Waals surface area (Å²) in [5, 5.41) is 2.71. The predicted octanol–water partition coefficient (Wildman–Crippen LogP) is 1.41. The molecule has 23 heavy (non-hydrogen) atoms. The molecule has 126 valence electrons. The van der Waals surface area contributed by atoms with E-state index in [2.05, 4.69) is 10.0 Å². The van der Waals surface area contributed by atoms with E-state index in [1.165, 1.54) is 24.3 Å². The Balaban J connectivity index is 2.00. The molecule has 0 aromatic heterocycles. The molecule has 1 aliphatic heterocycles. The summed E-state index contributed by atoms with van der Waals surface area (Å²) >= 11 is 0. The lowest BCUT2D eigenvalue weighted by Crippen LogP contribution is -2.37. The second-order valence-corrected chi connectivity index (χ2v) is 7.02. The zero-order valence-electron chi connectivity index (χ0n) is 12.9. The van der Waals surface area contributed by atoms with Crippen molar-refractivity contribution in [2.24, 2.45) is 0 Å². The van der Waals surface area contributed by atoms with Gasteiger partial charge in [-0.2, -0.15) is 4.72 Å². The van der Waals surface area contributed by atoms with Gasteiger partial charge in [0.05, 0.1) is 11.5 Å². The average molecular weight is 340 g/mol. The first kappa shape index (κ1) is 17.4. The Labute approximate surface area is 135 Å². The van der Waals surface area contributed by atoms with Crippen LogP contribution < -0.4 is 10.0 Å². The molecule has 8 heteroatoms. The summed E-state index contributed by atoms with van der Waals surface area (Å²) in [4.78, 5) is 23.0. The molecule has 0 saturated carbocycles. The van der Waals surface area contributed by atoms with Crippen molar-refractivity contribution < 1.29 is 22.7 Å². The largest absolute Gasteiger partial charge is 0.464 e. The molecule has 1 aromatic rings. The molecule has 1 atom stereocenters. The number of anilines is 1. The highest BCUT2D eigenvalue weighted by Gasteiger charge is 2.31. The van der Waals surface area contributed by atoms with E-state index in [9.17, 15) is 18.0 Å². The summed E-state index contributed by atoms with van der Waals surface area (Å²) in [5.41, 5.74) is 0.533. The van der Waals surface area contributed by atoms with Crippen LogP contribution in [0.5, 0.6) is 0 Å². The van der Waals surface area contributed by atoms with Crippen LogP contribution in [0.25, 0.3) is 0 Å². The van der Waals surface area contributed by atoms with Crippen molar-refractivity contribution in [1.29, 1.82) is 0 Å². The third-order valence-electron chi connectivity index (χ3n) is 3.44. The number of sulfonamides is 1. The van der Waals surface area contributed by atoms with E-state index in [1.54, 1.807) is 0 Å². The number of hydrogen-bond donors (Lipinski definition) is 2. The molecule has 0 bridgehead atoms. The number of ether oxygens (including phenoxy) is 1. The fraction of sp³-hybridized carbons (Fsp3) is 0.467. The van der Waals surface area contributed by atoms with Crippen LogP contribution >= 0.6 is 0 Å². The molecule has 1 aromatic carbocycles. The Morgan fingerprint density at radius 3 is 2.57 bits per heavy atom. The van der Waals surface area contributed by atoms with E-state index in [4.69, 9.17) is 4.74 Å². The number of cyclic esters (lactones) is 1. The highest BCUT2D eigenvalue weighted by atomic mass is 32.2. The Bertz CT molecular complexity index is 670. The number of nitrogens with one attached hydrogen (secondary N) is 2. The van der Waals surface area contributed by atoms with E-state index in [0.29, 0.717) is 18.5 Å². The highest BCUT2D eigenvalue weighted by Crippen LogP contribution is 2.16. The summed E-state index contributed by atoms with van der Waals surface area (Å²) in [5.74, 6) is -0.664. The first-order chi connectivity index (χ1) is 10.9.